The molecule has 3 saturated heterocycles. The van der Waals surface area contributed by atoms with Crippen LogP contribution in [0, 0.1) is 17.8 Å². The van der Waals surface area contributed by atoms with Crippen LogP contribution in [0.3, 0.4) is 0 Å². The Morgan fingerprint density at radius 1 is 0.336 bits per heavy atom. The first-order chi connectivity index (χ1) is 52.3. The minimum Gasteiger partial charge on any atom is -0.858 e. The summed E-state index contributed by atoms with van der Waals surface area (Å²) in [6.45, 7) is 5.42. The Bertz CT molecular complexity index is 2260. The molecule has 14 aliphatic rings. The molecule has 13 fully saturated rings. The molecule has 0 aromatic heterocycles. The Morgan fingerprint density at radius 2 is 0.573 bits per heavy atom. The van der Waals surface area contributed by atoms with Crippen molar-refractivity contribution in [3.05, 3.63) is 39.9 Å². The fourth-order valence-electron chi connectivity index (χ4n) is 23.4. The van der Waals surface area contributed by atoms with Gasteiger partial charge in [0.05, 0.1) is 82.0 Å². The smallest absolute Gasteiger partial charge is 0.858 e. The number of piperidine rings is 3. The third-order valence-electron chi connectivity index (χ3n) is 29.7. The van der Waals surface area contributed by atoms with E-state index >= 15 is 0 Å². The number of dihydropyridines is 1. The molecule has 0 aromatic rings. The quantitative estimate of drug-likeness (QED) is 0.0325. The standard InChI is InChI=1S/2C27H50P2.C18H30N4O2.C18H27N4O2.4Au/c2*1-5-14-24(15-6-1)28(25-16-7-2-8-17-25)22-13-23-29(26-18-9-3-10-19-26)27-20-11-4-12-21-27;2*23-17(13-5-9-19-10-6-13)21-15-3-1-2-4-16(15)22-18(24)14-7-11-20-12-8-14;;;;/h2*24-27H,1-23H2;13-16H,1-12H2,(H,21,23)(H,22,24);5-6,9,14-16,19H,1-4,7-8,10-12H2,(H,21,23)(H,22,24);;;;/q;;-2;-1;4*+1/p+3. The first-order valence-corrected chi connectivity index (χ1v) is 54.3. The molecule has 20 heteroatoms. The van der Waals surface area contributed by atoms with Crippen molar-refractivity contribution >= 4 is 55.3 Å². The van der Waals surface area contributed by atoms with Gasteiger partial charge in [-0.3, -0.25) is 19.4 Å². The second kappa shape index (κ2) is 57.9. The van der Waals surface area contributed by atoms with Crippen LogP contribution in [0.5, 0.6) is 0 Å². The van der Waals surface area contributed by atoms with Crippen molar-refractivity contribution in [1.82, 2.24) is 21.3 Å². The molecule has 10 saturated carbocycles. The number of hydrogen-bond donors (Lipinski definition) is 4. The van der Waals surface area contributed by atoms with Crippen LogP contribution in [0.15, 0.2) is 28.9 Å². The summed E-state index contributed by atoms with van der Waals surface area (Å²) in [5, 5.41) is 38.0. The Balaban J connectivity index is 0.000000202. The van der Waals surface area contributed by atoms with E-state index in [1.807, 2.05) is 6.08 Å². The van der Waals surface area contributed by atoms with Crippen molar-refractivity contribution in [3.63, 3.8) is 0 Å². The molecule has 4 N–H and O–H groups in total. The number of nitrogens with zero attached hydrogens (tertiary/aromatic N) is 4. The molecule has 0 radical (unpaired) electrons. The fourth-order valence-corrected chi connectivity index (χ4v) is 41.6. The summed E-state index contributed by atoms with van der Waals surface area (Å²) in [7, 11) is -0.340. The molecule has 0 bridgehead atoms. The summed E-state index contributed by atoms with van der Waals surface area (Å²) < 4.78 is 0. The molecule has 3 amide bonds. The molecule has 110 heavy (non-hydrogen) atoms. The summed E-state index contributed by atoms with van der Waals surface area (Å²) in [4.78, 5) is 42.0. The molecule has 10 aliphatic carbocycles. The second-order valence-corrected chi connectivity index (χ2v) is 50.0. The number of carbonyl (C=O) groups is 3. The maximum atomic E-state index is 12.5. The van der Waals surface area contributed by atoms with Gasteiger partial charge in [-0.05, 0) is 255 Å². The third-order valence-corrected chi connectivity index (χ3v) is 46.4. The van der Waals surface area contributed by atoms with Gasteiger partial charge in [0.2, 0.25) is 17.7 Å². The number of nitrogens with one attached hydrogen (secondary N) is 4. The van der Waals surface area contributed by atoms with Gasteiger partial charge >= 0.3 is 89.5 Å². The molecule has 0 aromatic carbocycles. The van der Waals surface area contributed by atoms with Gasteiger partial charge in [0.1, 0.15) is 0 Å². The molecule has 4 unspecified atom stereocenters. The van der Waals surface area contributed by atoms with Crippen molar-refractivity contribution in [3.8, 4) is 0 Å². The van der Waals surface area contributed by atoms with E-state index < -0.39 is 0 Å². The number of amides is 3. The Kier molecular flexibility index (Phi) is 52.0. The van der Waals surface area contributed by atoms with E-state index in [-0.39, 0.29) is 187 Å². The van der Waals surface area contributed by atoms with Crippen LogP contribution in [-0.2, 0) is 104 Å². The minimum atomic E-state index is -0.171. The van der Waals surface area contributed by atoms with E-state index in [1.165, 1.54) is 45.3 Å². The van der Waals surface area contributed by atoms with Gasteiger partial charge < -0.3 is 42.3 Å². The fraction of sp³-hybridized carbons (Fsp3) is 0.911. The van der Waals surface area contributed by atoms with Crippen molar-refractivity contribution in [2.45, 2.75) is 429 Å². The largest absolute Gasteiger partial charge is 1.00 e. The zero-order valence-electron chi connectivity index (χ0n) is 68.9. The summed E-state index contributed by atoms with van der Waals surface area (Å²) in [5.41, 5.74) is 10.4. The van der Waals surface area contributed by atoms with Crippen LogP contribution < -0.4 is 26.4 Å². The number of carbonyl (C=O) groups excluding carboxylic acids is 3. The van der Waals surface area contributed by atoms with E-state index in [1.54, 1.807) is 307 Å². The van der Waals surface area contributed by atoms with Crippen molar-refractivity contribution in [1.29, 1.82) is 0 Å². The van der Waals surface area contributed by atoms with Crippen molar-refractivity contribution in [2.75, 3.05) is 70.5 Å². The predicted molar refractivity (Wildman–Crippen MR) is 464 cm³/mol. The maximum absolute atomic E-state index is 12.5. The topological polar surface area (TPSA) is 177 Å². The van der Waals surface area contributed by atoms with Gasteiger partial charge in [-0.2, -0.15) is 0 Å². The molecule has 0 spiro atoms. The zero-order valence-corrected chi connectivity index (χ0v) is 81.6. The van der Waals surface area contributed by atoms with Gasteiger partial charge in [0, 0.05) is 80.9 Å². The van der Waals surface area contributed by atoms with Gasteiger partial charge in [-0.1, -0.05) is 122 Å². The van der Waals surface area contributed by atoms with Crippen LogP contribution in [0.4, 0.5) is 0 Å². The van der Waals surface area contributed by atoms with Gasteiger partial charge in [0.25, 0.3) is 0 Å². The summed E-state index contributed by atoms with van der Waals surface area (Å²) in [5.74, 6) is 0.526. The Hall–Kier alpha value is 1.72. The predicted octanol–water partition coefficient (Wildman–Crippen LogP) is 21.4. The molecule has 644 valence electrons. The van der Waals surface area contributed by atoms with Crippen LogP contribution in [-0.4, -0.2) is 164 Å². The van der Waals surface area contributed by atoms with Crippen LogP contribution in [0.1, 0.15) is 360 Å². The van der Waals surface area contributed by atoms with E-state index in [9.17, 15) is 19.5 Å². The van der Waals surface area contributed by atoms with Gasteiger partial charge in [0.15, 0.2) is 0 Å². The minimum absolute atomic E-state index is 0. The monoisotopic (exact) mass is 2330 g/mol. The zero-order chi connectivity index (χ0) is 73.0. The SMILES string of the molecule is C1CCC([PH+](CCC[PH+](C2CCCCC2)C2CCCCC2)C2CCCCC2)CC1.C1CCC([PH+](CCC[PH+](C2CCCCC2)C2CCCCC2)C2CCCCC2)CC1.O=C(NC1CCCCC1N=C([O-])C1=CCNC=C1)C1CC[N-]CC1.O=C(NC1CCCCC1NC(=O)C1CC[N-]CC1)C1CC[N-]CC1.[Au+].[Au+].[Au+].[Au+]. The maximum Gasteiger partial charge on any atom is 1.00 e. The summed E-state index contributed by atoms with van der Waals surface area (Å²) in [6, 6.07) is 0.0534. The first kappa shape index (κ1) is 98.8. The number of rotatable bonds is 24. The average molecular weight is 2330 g/mol. The van der Waals surface area contributed by atoms with Crippen molar-refractivity contribution < 1.29 is 109 Å². The van der Waals surface area contributed by atoms with Crippen molar-refractivity contribution in [2.24, 2.45) is 22.7 Å². The molecular formula is C90H160Au4N8O4P4+4. The normalized spacial score (nSPS) is 27.1. The molecule has 12 nitrogen and oxygen atoms in total. The van der Waals surface area contributed by atoms with Crippen LogP contribution in [0.2, 0.25) is 0 Å². The average Bonchev–Trinajstić information content (AvgIpc) is 0.862. The molecule has 4 aliphatic heterocycles. The Morgan fingerprint density at radius 3 is 0.827 bits per heavy atom. The summed E-state index contributed by atoms with van der Waals surface area (Å²) >= 11 is 0. The van der Waals surface area contributed by atoms with E-state index in [2.05, 4.69) is 42.2 Å². The third kappa shape index (κ3) is 33.9. The first-order valence-electron chi connectivity index (χ1n) is 46.9. The number of aliphatic imine (C=N–C) groups is 1. The number of hydrogen-bond acceptors (Lipinski definition) is 6. The van der Waals surface area contributed by atoms with E-state index in [0.29, 0.717) is 12.1 Å². The van der Waals surface area contributed by atoms with Crippen LogP contribution in [0.25, 0.3) is 16.0 Å². The molecular weight excluding hydrogens is 2170 g/mol. The van der Waals surface area contributed by atoms with Gasteiger partial charge in [-0.15, -0.1) is 39.3 Å². The van der Waals surface area contributed by atoms with E-state index in [4.69, 9.17) is 0 Å². The molecule has 4 atom stereocenters. The molecule has 4 heterocycles. The van der Waals surface area contributed by atoms with E-state index in [0.717, 1.165) is 129 Å². The molecule has 14 rings (SSSR count). The Labute approximate surface area is 740 Å². The van der Waals surface area contributed by atoms with Gasteiger partial charge in [-0.25, -0.2) is 0 Å². The summed E-state index contributed by atoms with van der Waals surface area (Å²) in [6.07, 6.45) is 92.6. The second-order valence-electron chi connectivity index (χ2n) is 36.8. The van der Waals surface area contributed by atoms with Crippen LogP contribution >= 0.6 is 31.7 Å².